The van der Waals surface area contributed by atoms with Crippen molar-refractivity contribution in [3.8, 4) is 0 Å². The summed E-state index contributed by atoms with van der Waals surface area (Å²) in [4.78, 5) is 14.3. The maximum atomic E-state index is 11.3. The first kappa shape index (κ1) is 13.4. The van der Waals surface area contributed by atoms with Crippen LogP contribution in [0.25, 0.3) is 0 Å². The SMILES string of the molecule is CNC(=O)CN(C)C(CN)c1ccc(Cl)s1. The average molecular weight is 262 g/mol. The molecule has 0 fully saturated rings. The maximum absolute atomic E-state index is 11.3. The van der Waals surface area contributed by atoms with E-state index < -0.39 is 0 Å². The molecule has 1 amide bonds. The van der Waals surface area contributed by atoms with Crippen LogP contribution in [0.2, 0.25) is 4.34 Å². The van der Waals surface area contributed by atoms with E-state index in [0.29, 0.717) is 13.1 Å². The molecule has 1 heterocycles. The van der Waals surface area contributed by atoms with Gasteiger partial charge in [-0.25, -0.2) is 0 Å². The predicted molar refractivity (Wildman–Crippen MR) is 67.8 cm³/mol. The van der Waals surface area contributed by atoms with Gasteiger partial charge in [0.15, 0.2) is 0 Å². The van der Waals surface area contributed by atoms with Crippen LogP contribution in [0, 0.1) is 0 Å². The second-order valence-electron chi connectivity index (χ2n) is 3.48. The molecule has 4 nitrogen and oxygen atoms in total. The van der Waals surface area contributed by atoms with E-state index in [2.05, 4.69) is 5.32 Å². The number of nitrogens with two attached hydrogens (primary N) is 1. The van der Waals surface area contributed by atoms with E-state index in [1.54, 1.807) is 7.05 Å². The number of carbonyl (C=O) groups is 1. The lowest BCUT2D eigenvalue weighted by Gasteiger charge is -2.25. The maximum Gasteiger partial charge on any atom is 0.233 e. The van der Waals surface area contributed by atoms with Gasteiger partial charge in [-0.3, -0.25) is 9.69 Å². The minimum Gasteiger partial charge on any atom is -0.358 e. The van der Waals surface area contributed by atoms with Gasteiger partial charge in [0.2, 0.25) is 5.91 Å². The monoisotopic (exact) mass is 261 g/mol. The standard InChI is InChI=1S/C10H16ClN3OS/c1-13-10(15)6-14(2)7(5-12)8-3-4-9(11)16-8/h3-4,7H,5-6,12H2,1-2H3,(H,13,15). The number of rotatable bonds is 5. The second-order valence-corrected chi connectivity index (χ2v) is 5.23. The number of amides is 1. The van der Waals surface area contributed by atoms with Crippen LogP contribution in [0.15, 0.2) is 12.1 Å². The Labute approximate surface area is 104 Å². The minimum atomic E-state index is -0.0244. The number of nitrogens with zero attached hydrogens (tertiary/aromatic N) is 1. The van der Waals surface area contributed by atoms with E-state index in [9.17, 15) is 4.79 Å². The molecule has 0 aliphatic rings. The van der Waals surface area contributed by atoms with Crippen molar-refractivity contribution in [3.63, 3.8) is 0 Å². The Bertz CT molecular complexity index is 356. The Kier molecular flexibility index (Phi) is 5.21. The number of carbonyl (C=O) groups excluding carboxylic acids is 1. The molecule has 3 N–H and O–H groups in total. The lowest BCUT2D eigenvalue weighted by Crippen LogP contribution is -2.37. The normalized spacial score (nSPS) is 12.8. The van der Waals surface area contributed by atoms with Crippen LogP contribution in [0.1, 0.15) is 10.9 Å². The van der Waals surface area contributed by atoms with Gasteiger partial charge in [-0.1, -0.05) is 11.6 Å². The summed E-state index contributed by atoms with van der Waals surface area (Å²) in [5.41, 5.74) is 5.72. The summed E-state index contributed by atoms with van der Waals surface area (Å²) in [5, 5.41) is 2.59. The zero-order valence-corrected chi connectivity index (χ0v) is 10.9. The number of nitrogens with one attached hydrogen (secondary N) is 1. The summed E-state index contributed by atoms with van der Waals surface area (Å²) < 4.78 is 0.738. The molecule has 1 aromatic heterocycles. The molecular weight excluding hydrogens is 246 g/mol. The molecule has 1 unspecified atom stereocenters. The smallest absolute Gasteiger partial charge is 0.233 e. The van der Waals surface area contributed by atoms with Crippen LogP contribution in [-0.2, 0) is 4.79 Å². The van der Waals surface area contributed by atoms with Gasteiger partial charge in [-0.2, -0.15) is 0 Å². The van der Waals surface area contributed by atoms with Gasteiger partial charge in [0.25, 0.3) is 0 Å². The first-order valence-corrected chi connectivity index (χ1v) is 6.14. The van der Waals surface area contributed by atoms with Crippen molar-refractivity contribution in [3.05, 3.63) is 21.3 Å². The van der Waals surface area contributed by atoms with E-state index >= 15 is 0 Å². The van der Waals surface area contributed by atoms with Gasteiger partial charge < -0.3 is 11.1 Å². The van der Waals surface area contributed by atoms with E-state index in [4.69, 9.17) is 17.3 Å². The summed E-state index contributed by atoms with van der Waals surface area (Å²) in [7, 11) is 3.50. The summed E-state index contributed by atoms with van der Waals surface area (Å²) in [6, 6.07) is 3.83. The third kappa shape index (κ3) is 3.45. The summed E-state index contributed by atoms with van der Waals surface area (Å²) in [5.74, 6) is -0.0244. The van der Waals surface area contributed by atoms with Crippen molar-refractivity contribution in [2.24, 2.45) is 5.73 Å². The number of hydrogen-bond acceptors (Lipinski definition) is 4. The highest BCUT2D eigenvalue weighted by Gasteiger charge is 2.18. The zero-order valence-electron chi connectivity index (χ0n) is 9.37. The molecule has 0 saturated carbocycles. The van der Waals surface area contributed by atoms with Crippen LogP contribution in [0.4, 0.5) is 0 Å². The number of likely N-dealkylation sites (N-methyl/N-ethyl adjacent to an activating group) is 2. The number of thiophene rings is 1. The van der Waals surface area contributed by atoms with Crippen LogP contribution in [0.5, 0.6) is 0 Å². The van der Waals surface area contributed by atoms with Crippen molar-refractivity contribution >= 4 is 28.8 Å². The minimum absolute atomic E-state index is 0.0244. The fraction of sp³-hybridized carbons (Fsp3) is 0.500. The third-order valence-corrected chi connectivity index (χ3v) is 3.68. The summed E-state index contributed by atoms with van der Waals surface area (Å²) >= 11 is 7.37. The molecule has 0 aromatic carbocycles. The molecule has 1 aromatic rings. The van der Waals surface area contributed by atoms with Gasteiger partial charge in [-0.05, 0) is 19.2 Å². The van der Waals surface area contributed by atoms with Crippen molar-refractivity contribution in [1.82, 2.24) is 10.2 Å². The molecule has 6 heteroatoms. The van der Waals surface area contributed by atoms with Crippen LogP contribution < -0.4 is 11.1 Å². The molecule has 16 heavy (non-hydrogen) atoms. The Hall–Kier alpha value is -0.620. The number of hydrogen-bond donors (Lipinski definition) is 2. The molecule has 0 bridgehead atoms. The van der Waals surface area contributed by atoms with Crippen molar-refractivity contribution < 1.29 is 4.79 Å². The fourth-order valence-corrected chi connectivity index (χ4v) is 2.68. The average Bonchev–Trinajstić information content (AvgIpc) is 2.65. The Morgan fingerprint density at radius 1 is 1.69 bits per heavy atom. The predicted octanol–water partition coefficient (Wildman–Crippen LogP) is 1.08. The molecule has 1 atom stereocenters. The van der Waals surface area contributed by atoms with Crippen LogP contribution >= 0.6 is 22.9 Å². The van der Waals surface area contributed by atoms with Crippen molar-refractivity contribution in [1.29, 1.82) is 0 Å². The zero-order chi connectivity index (χ0) is 12.1. The van der Waals surface area contributed by atoms with Gasteiger partial charge in [0.1, 0.15) is 0 Å². The van der Waals surface area contributed by atoms with Crippen LogP contribution in [-0.4, -0.2) is 38.0 Å². The highest BCUT2D eigenvalue weighted by Crippen LogP contribution is 2.29. The molecule has 0 aliphatic carbocycles. The molecule has 0 spiro atoms. The van der Waals surface area contributed by atoms with Gasteiger partial charge in [0, 0.05) is 18.5 Å². The highest BCUT2D eigenvalue weighted by molar-refractivity contribution is 7.16. The Morgan fingerprint density at radius 3 is 2.81 bits per heavy atom. The van der Waals surface area contributed by atoms with Gasteiger partial charge in [-0.15, -0.1) is 11.3 Å². The van der Waals surface area contributed by atoms with Gasteiger partial charge in [0.05, 0.1) is 16.9 Å². The summed E-state index contributed by atoms with van der Waals surface area (Å²) in [6.45, 7) is 0.790. The third-order valence-electron chi connectivity index (χ3n) is 2.35. The lowest BCUT2D eigenvalue weighted by atomic mass is 10.2. The quantitative estimate of drug-likeness (QED) is 0.834. The fourth-order valence-electron chi connectivity index (χ4n) is 1.44. The Morgan fingerprint density at radius 2 is 2.38 bits per heavy atom. The molecule has 90 valence electrons. The van der Waals surface area contributed by atoms with E-state index in [0.717, 1.165) is 9.21 Å². The van der Waals surface area contributed by atoms with E-state index in [1.165, 1.54) is 11.3 Å². The van der Waals surface area contributed by atoms with Crippen molar-refractivity contribution in [2.75, 3.05) is 27.2 Å². The molecule has 1 rings (SSSR count). The highest BCUT2D eigenvalue weighted by atomic mass is 35.5. The molecule has 0 radical (unpaired) electrons. The lowest BCUT2D eigenvalue weighted by molar-refractivity contribution is -0.121. The number of halogens is 1. The first-order valence-electron chi connectivity index (χ1n) is 4.94. The summed E-state index contributed by atoms with van der Waals surface area (Å²) in [6.07, 6.45) is 0. The van der Waals surface area contributed by atoms with Crippen molar-refractivity contribution in [2.45, 2.75) is 6.04 Å². The molecular formula is C10H16ClN3OS. The van der Waals surface area contributed by atoms with Gasteiger partial charge >= 0.3 is 0 Å². The Balaban J connectivity index is 2.70. The largest absolute Gasteiger partial charge is 0.358 e. The first-order chi connectivity index (χ1) is 7.58. The molecule has 0 aliphatic heterocycles. The van der Waals surface area contributed by atoms with E-state index in [-0.39, 0.29) is 11.9 Å². The van der Waals surface area contributed by atoms with E-state index in [1.807, 2.05) is 24.1 Å². The molecule has 0 saturated heterocycles. The van der Waals surface area contributed by atoms with Crippen LogP contribution in [0.3, 0.4) is 0 Å². The topological polar surface area (TPSA) is 58.4 Å². The second kappa shape index (κ2) is 6.20.